The van der Waals surface area contributed by atoms with Gasteiger partial charge in [-0.1, -0.05) is 0 Å². The molecule has 1 fully saturated rings. The van der Waals surface area contributed by atoms with Crippen molar-refractivity contribution < 1.29 is 53.7 Å². The third-order valence-electron chi connectivity index (χ3n) is 12.2. The fourth-order valence-corrected chi connectivity index (χ4v) is 9.46. The van der Waals surface area contributed by atoms with E-state index in [1.165, 1.54) is 65.4 Å². The Kier molecular flexibility index (Phi) is 11.4. The number of sulfonamides is 1. The predicted octanol–water partition coefficient (Wildman–Crippen LogP) is 9.27. The number of nitrogens with zero attached hydrogens (tertiary/aromatic N) is 2. The van der Waals surface area contributed by atoms with Gasteiger partial charge < -0.3 is 34.5 Å². The summed E-state index contributed by atoms with van der Waals surface area (Å²) < 4.78 is 130. The van der Waals surface area contributed by atoms with Crippen molar-refractivity contribution in [1.29, 1.82) is 0 Å². The minimum absolute atomic E-state index is 0.182. The van der Waals surface area contributed by atoms with E-state index >= 15 is 0 Å². The molecule has 0 spiro atoms. The Bertz CT molecular complexity index is 3450. The van der Waals surface area contributed by atoms with Crippen molar-refractivity contribution in [3.05, 3.63) is 108 Å². The number of ether oxygens (including phenoxy) is 2. The molecule has 0 aliphatic carbocycles. The molecule has 1 aliphatic rings. The molecule has 0 amide bonds. The van der Waals surface area contributed by atoms with Crippen LogP contribution in [0.15, 0.2) is 84.9 Å². The second-order valence-electron chi connectivity index (χ2n) is 16.3. The van der Waals surface area contributed by atoms with Gasteiger partial charge in [-0.3, -0.25) is 9.80 Å². The topological polar surface area (TPSA) is 154 Å². The third-order valence-corrected chi connectivity index (χ3v) is 13.4. The minimum Gasteiger partial charge on any atom is -0.488 e. The third kappa shape index (κ3) is 8.32. The Balaban J connectivity index is 0.000000157. The molecule has 0 unspecified atom stereocenters. The van der Waals surface area contributed by atoms with Gasteiger partial charge in [-0.05, 0) is 84.9 Å². The molecule has 20 heteroatoms. The number of piperazine rings is 1. The number of halogens is 7. The number of rotatable bonds is 11. The quantitative estimate of drug-likeness (QED) is 0.0558. The lowest BCUT2D eigenvalue weighted by Gasteiger charge is -2.34. The number of benzene rings is 6. The molecule has 5 heterocycles. The Labute approximate surface area is 375 Å². The maximum Gasteiger partial charge on any atom is 0.511 e. The Morgan fingerprint density at radius 3 is 1.21 bits per heavy atom. The summed E-state index contributed by atoms with van der Waals surface area (Å²) in [5, 5.41) is 14.5. The van der Waals surface area contributed by atoms with Gasteiger partial charge in [-0.25, -0.2) is 30.7 Å². The maximum absolute atomic E-state index is 14.1. The zero-order valence-corrected chi connectivity index (χ0v) is 36.0. The molecular formula is C47H40F7N7O5S. The highest BCUT2D eigenvalue weighted by Gasteiger charge is 2.45. The summed E-state index contributed by atoms with van der Waals surface area (Å²) in [4.78, 5) is 17.6. The van der Waals surface area contributed by atoms with Gasteiger partial charge in [-0.2, -0.15) is 13.2 Å². The maximum atomic E-state index is 14.1. The van der Waals surface area contributed by atoms with Crippen LogP contribution in [0.5, 0.6) is 11.5 Å². The molecule has 6 N–H and O–H groups in total. The SMILES string of the molecule is O=S(=O)(NCCOc1c2[nH]c3ccc(F)cc3c2cc2c1[nH]c1ccc(F)cc12)C(F)(F)F.OCCN1CCN(CCOc2c3[nH]c4ccc(F)cc4c3cc3c2[nH]c2ccc(F)cc23)CC1. The normalized spacial score (nSPS) is 14.4. The number of alkyl halides is 3. The van der Waals surface area contributed by atoms with Crippen molar-refractivity contribution in [1.82, 2.24) is 34.5 Å². The van der Waals surface area contributed by atoms with Crippen molar-refractivity contribution in [3.63, 3.8) is 0 Å². The number of H-pyrrole nitrogens is 4. The van der Waals surface area contributed by atoms with E-state index in [0.717, 1.165) is 76.3 Å². The minimum atomic E-state index is -5.52. The Hall–Kier alpha value is -6.58. The van der Waals surface area contributed by atoms with Crippen molar-refractivity contribution in [2.75, 3.05) is 65.6 Å². The molecule has 11 rings (SSSR count). The van der Waals surface area contributed by atoms with Gasteiger partial charge in [-0.15, -0.1) is 0 Å². The lowest BCUT2D eigenvalue weighted by molar-refractivity contribution is -0.0448. The van der Waals surface area contributed by atoms with Gasteiger partial charge in [0.05, 0.1) is 28.7 Å². The first-order chi connectivity index (χ1) is 32.2. The molecule has 0 bridgehead atoms. The van der Waals surface area contributed by atoms with Crippen LogP contribution < -0.4 is 14.2 Å². The Morgan fingerprint density at radius 2 is 0.866 bits per heavy atom. The average molecular weight is 948 g/mol. The van der Waals surface area contributed by atoms with Crippen molar-refractivity contribution in [3.8, 4) is 11.5 Å². The molecule has 348 valence electrons. The average Bonchev–Trinajstić information content (AvgIpc) is 4.05. The first-order valence-electron chi connectivity index (χ1n) is 21.2. The summed E-state index contributed by atoms with van der Waals surface area (Å²) in [6.45, 7) is 4.80. The standard InChI is InChI=1S/C26H26F2N4O2.C21H14F5N3O3S/c27-16-1-3-22-18(13-16)20-15-21-19-14-17(28)2-4-23(19)30-25(21)26(24(20)29-22)34-12-10-32-7-5-31(6-8-32)9-11-33;22-10-1-3-16-12(7-10)14-9-15-13-8-11(23)2-4-17(13)29-19(15)20(18(14)28-16)32-6-5-27-33(30,31)21(24,25)26/h1-4,13-15,29-30,33H,5-12H2;1-4,7-9,27-29H,5-6H2. The first-order valence-corrected chi connectivity index (χ1v) is 22.7. The van der Waals surface area contributed by atoms with E-state index in [2.05, 4.69) is 29.7 Å². The number of fused-ring (bicyclic) bond motifs is 12. The first kappa shape index (κ1) is 44.3. The number of aliphatic hydroxyl groups is 1. The summed E-state index contributed by atoms with van der Waals surface area (Å²) in [5.74, 6) is -0.709. The van der Waals surface area contributed by atoms with Gasteiger partial charge in [0.15, 0.2) is 11.5 Å². The van der Waals surface area contributed by atoms with E-state index in [9.17, 15) is 39.2 Å². The smallest absolute Gasteiger partial charge is 0.488 e. The summed E-state index contributed by atoms with van der Waals surface area (Å²) in [7, 11) is -5.52. The van der Waals surface area contributed by atoms with E-state index in [1.54, 1.807) is 18.2 Å². The van der Waals surface area contributed by atoms with Crippen molar-refractivity contribution in [2.45, 2.75) is 5.51 Å². The van der Waals surface area contributed by atoms with E-state index in [4.69, 9.17) is 14.6 Å². The molecule has 1 aliphatic heterocycles. The van der Waals surface area contributed by atoms with Crippen LogP contribution in [0.1, 0.15) is 0 Å². The number of nitrogens with one attached hydrogen (secondary N) is 5. The lowest BCUT2D eigenvalue weighted by atomic mass is 10.1. The fourth-order valence-electron chi connectivity index (χ4n) is 8.95. The lowest BCUT2D eigenvalue weighted by Crippen LogP contribution is -2.48. The van der Waals surface area contributed by atoms with Gasteiger partial charge in [0.1, 0.15) is 36.5 Å². The van der Waals surface area contributed by atoms with Crippen LogP contribution in [-0.2, 0) is 10.0 Å². The highest BCUT2D eigenvalue weighted by molar-refractivity contribution is 7.90. The van der Waals surface area contributed by atoms with Crippen LogP contribution in [-0.4, -0.2) is 114 Å². The van der Waals surface area contributed by atoms with E-state index in [0.29, 0.717) is 62.5 Å². The monoisotopic (exact) mass is 947 g/mol. The predicted molar refractivity (Wildman–Crippen MR) is 244 cm³/mol. The zero-order valence-electron chi connectivity index (χ0n) is 35.2. The van der Waals surface area contributed by atoms with Crippen LogP contribution >= 0.6 is 0 Å². The molecule has 0 radical (unpaired) electrons. The van der Waals surface area contributed by atoms with Crippen LogP contribution in [0.25, 0.3) is 87.2 Å². The number of hydrogen-bond donors (Lipinski definition) is 6. The van der Waals surface area contributed by atoms with E-state index in [1.807, 2.05) is 6.07 Å². The van der Waals surface area contributed by atoms with Gasteiger partial charge in [0.25, 0.3) is 0 Å². The second kappa shape index (κ2) is 17.3. The van der Waals surface area contributed by atoms with Crippen molar-refractivity contribution >= 4 is 97.2 Å². The van der Waals surface area contributed by atoms with Crippen LogP contribution in [0.2, 0.25) is 0 Å². The highest BCUT2D eigenvalue weighted by atomic mass is 32.2. The van der Waals surface area contributed by atoms with Crippen LogP contribution in [0.3, 0.4) is 0 Å². The number of aromatic nitrogens is 4. The second-order valence-corrected chi connectivity index (χ2v) is 18.1. The number of aliphatic hydroxyl groups excluding tert-OH is 1. The molecule has 12 nitrogen and oxygen atoms in total. The molecule has 0 saturated carbocycles. The number of hydrogen-bond acceptors (Lipinski definition) is 7. The van der Waals surface area contributed by atoms with Gasteiger partial charge >= 0.3 is 15.5 Å². The van der Waals surface area contributed by atoms with Crippen LogP contribution in [0, 0.1) is 23.3 Å². The number of β-amino-alcohol motifs (C(OH)–C–C–N with tert-alkyl or cyclic N) is 1. The largest absolute Gasteiger partial charge is 0.511 e. The van der Waals surface area contributed by atoms with Crippen molar-refractivity contribution in [2.24, 2.45) is 0 Å². The Morgan fingerprint density at radius 1 is 0.522 bits per heavy atom. The summed E-state index contributed by atoms with van der Waals surface area (Å²) in [5.41, 5.74) is -0.186. The van der Waals surface area contributed by atoms with E-state index in [-0.39, 0.29) is 24.0 Å². The zero-order chi connectivity index (χ0) is 46.8. The van der Waals surface area contributed by atoms with Gasteiger partial charge in [0, 0.05) is 111 Å². The molecule has 1 saturated heterocycles. The molecule has 4 aromatic heterocycles. The molecule has 6 aromatic carbocycles. The summed E-state index contributed by atoms with van der Waals surface area (Å²) in [6, 6.07) is 21.3. The fraction of sp³-hybridized carbons (Fsp3) is 0.234. The molecule has 67 heavy (non-hydrogen) atoms. The molecular weight excluding hydrogens is 908 g/mol. The van der Waals surface area contributed by atoms with Gasteiger partial charge in [0.2, 0.25) is 0 Å². The number of aromatic amines is 4. The van der Waals surface area contributed by atoms with Crippen LogP contribution in [0.4, 0.5) is 30.7 Å². The summed E-state index contributed by atoms with van der Waals surface area (Å²) in [6.07, 6.45) is 0. The molecule has 0 atom stereocenters. The summed E-state index contributed by atoms with van der Waals surface area (Å²) >= 11 is 0. The van der Waals surface area contributed by atoms with E-state index < -0.39 is 40.3 Å². The highest BCUT2D eigenvalue weighted by Crippen LogP contribution is 2.43. The molecule has 10 aromatic rings.